The van der Waals surface area contributed by atoms with Crippen LogP contribution in [0.5, 0.6) is 0 Å². The molecular formula is C12H14N2. The van der Waals surface area contributed by atoms with E-state index in [1.165, 1.54) is 48.0 Å². The van der Waals surface area contributed by atoms with E-state index in [2.05, 4.69) is 22.7 Å². The van der Waals surface area contributed by atoms with Gasteiger partial charge >= 0.3 is 0 Å². The average molecular weight is 186 g/mol. The molecule has 0 saturated heterocycles. The molecule has 0 radical (unpaired) electrons. The fourth-order valence-corrected chi connectivity index (χ4v) is 2.56. The summed E-state index contributed by atoms with van der Waals surface area (Å²) in [7, 11) is 2.16. The summed E-state index contributed by atoms with van der Waals surface area (Å²) in [6.07, 6.45) is 6.99. The van der Waals surface area contributed by atoms with Gasteiger partial charge in [-0.1, -0.05) is 0 Å². The fraction of sp³-hybridized carbons (Fsp3) is 0.417. The lowest BCUT2D eigenvalue weighted by molar-refractivity contribution is 0.653. The van der Waals surface area contributed by atoms with Crippen molar-refractivity contribution in [2.75, 3.05) is 0 Å². The molecule has 1 aliphatic carbocycles. The second-order valence-corrected chi connectivity index (χ2v) is 4.06. The van der Waals surface area contributed by atoms with Crippen LogP contribution in [-0.4, -0.2) is 9.55 Å². The van der Waals surface area contributed by atoms with Gasteiger partial charge in [0.05, 0.1) is 11.0 Å². The van der Waals surface area contributed by atoms with Crippen LogP contribution in [0.3, 0.4) is 0 Å². The predicted molar refractivity (Wildman–Crippen MR) is 57.4 cm³/mol. The highest BCUT2D eigenvalue weighted by molar-refractivity contribution is 5.81. The molecule has 0 fully saturated rings. The van der Waals surface area contributed by atoms with Gasteiger partial charge in [0.2, 0.25) is 0 Å². The Morgan fingerprint density at radius 1 is 1.29 bits per heavy atom. The fourth-order valence-electron chi connectivity index (χ4n) is 2.56. The predicted octanol–water partition coefficient (Wildman–Crippen LogP) is 2.45. The smallest absolute Gasteiger partial charge is 0.0915 e. The first kappa shape index (κ1) is 8.04. The Morgan fingerprint density at radius 2 is 2.14 bits per heavy atom. The first-order valence-corrected chi connectivity index (χ1v) is 5.29. The molecule has 0 saturated carbocycles. The molecule has 2 nitrogen and oxygen atoms in total. The van der Waals surface area contributed by atoms with Crippen molar-refractivity contribution in [2.45, 2.75) is 25.7 Å². The minimum Gasteiger partial charge on any atom is -0.346 e. The lowest BCUT2D eigenvalue weighted by Gasteiger charge is -2.12. The highest BCUT2D eigenvalue weighted by Gasteiger charge is 2.18. The first-order chi connectivity index (χ1) is 6.88. The number of nitrogens with zero attached hydrogens (tertiary/aromatic N) is 2. The van der Waals surface area contributed by atoms with Crippen molar-refractivity contribution in [3.63, 3.8) is 0 Å². The Morgan fingerprint density at radius 3 is 3.07 bits per heavy atom. The van der Waals surface area contributed by atoms with E-state index in [-0.39, 0.29) is 0 Å². The zero-order valence-electron chi connectivity index (χ0n) is 8.45. The van der Waals surface area contributed by atoms with Crippen LogP contribution in [0, 0.1) is 0 Å². The van der Waals surface area contributed by atoms with Crippen LogP contribution in [0.25, 0.3) is 11.0 Å². The third-order valence-electron chi connectivity index (χ3n) is 3.28. The van der Waals surface area contributed by atoms with Crippen molar-refractivity contribution in [1.82, 2.24) is 9.55 Å². The number of aryl methyl sites for hydroxylation is 2. The van der Waals surface area contributed by atoms with Crippen LogP contribution in [0.15, 0.2) is 18.3 Å². The van der Waals surface area contributed by atoms with Crippen LogP contribution < -0.4 is 0 Å². The van der Waals surface area contributed by atoms with E-state index >= 15 is 0 Å². The van der Waals surface area contributed by atoms with Gasteiger partial charge in [-0.15, -0.1) is 0 Å². The lowest BCUT2D eigenvalue weighted by Crippen LogP contribution is -2.04. The third-order valence-corrected chi connectivity index (χ3v) is 3.28. The maximum atomic E-state index is 4.49. The Labute approximate surface area is 83.6 Å². The van der Waals surface area contributed by atoms with Gasteiger partial charge in [0.25, 0.3) is 0 Å². The maximum Gasteiger partial charge on any atom is 0.0915 e. The van der Waals surface area contributed by atoms with Crippen molar-refractivity contribution < 1.29 is 0 Å². The Hall–Kier alpha value is -1.31. The Balaban J connectivity index is 2.41. The van der Waals surface area contributed by atoms with E-state index in [9.17, 15) is 0 Å². The summed E-state index contributed by atoms with van der Waals surface area (Å²) >= 11 is 0. The number of rotatable bonds is 0. The molecule has 2 heteroatoms. The SMILES string of the molecule is Cn1c2c(c3ncccc31)CCCC2. The third kappa shape index (κ3) is 0.939. The van der Waals surface area contributed by atoms with Gasteiger partial charge in [-0.2, -0.15) is 0 Å². The number of pyridine rings is 1. The number of hydrogen-bond donors (Lipinski definition) is 0. The zero-order chi connectivity index (χ0) is 9.54. The quantitative estimate of drug-likeness (QED) is 0.618. The second-order valence-electron chi connectivity index (χ2n) is 4.06. The molecule has 14 heavy (non-hydrogen) atoms. The molecule has 0 unspecified atom stereocenters. The zero-order valence-corrected chi connectivity index (χ0v) is 8.45. The van der Waals surface area contributed by atoms with E-state index in [1.807, 2.05) is 12.3 Å². The van der Waals surface area contributed by atoms with E-state index < -0.39 is 0 Å². The molecule has 2 aromatic rings. The maximum absolute atomic E-state index is 4.49. The van der Waals surface area contributed by atoms with Gasteiger partial charge < -0.3 is 4.57 Å². The molecule has 0 atom stereocenters. The summed E-state index contributed by atoms with van der Waals surface area (Å²) in [5, 5.41) is 0. The minimum atomic E-state index is 1.21. The average Bonchev–Trinajstić information content (AvgIpc) is 2.55. The monoisotopic (exact) mass is 186 g/mol. The van der Waals surface area contributed by atoms with Crippen molar-refractivity contribution in [1.29, 1.82) is 0 Å². The first-order valence-electron chi connectivity index (χ1n) is 5.29. The highest BCUT2D eigenvalue weighted by atomic mass is 15.0. The van der Waals surface area contributed by atoms with Gasteiger partial charge in [-0.25, -0.2) is 0 Å². The lowest BCUT2D eigenvalue weighted by atomic mass is 9.97. The molecule has 0 bridgehead atoms. The molecule has 2 aromatic heterocycles. The minimum absolute atomic E-state index is 1.21. The van der Waals surface area contributed by atoms with E-state index in [0.717, 1.165) is 0 Å². The molecule has 0 amide bonds. The topological polar surface area (TPSA) is 17.8 Å². The normalized spacial score (nSPS) is 15.8. The molecule has 1 aliphatic rings. The largest absolute Gasteiger partial charge is 0.346 e. The summed E-state index contributed by atoms with van der Waals surface area (Å²) in [4.78, 5) is 4.49. The summed E-state index contributed by atoms with van der Waals surface area (Å²) in [5.74, 6) is 0. The number of aromatic nitrogens is 2. The molecule has 0 aromatic carbocycles. The van der Waals surface area contributed by atoms with E-state index in [1.54, 1.807) is 0 Å². The summed E-state index contributed by atoms with van der Waals surface area (Å²) in [6.45, 7) is 0. The van der Waals surface area contributed by atoms with Gasteiger partial charge in [-0.3, -0.25) is 4.98 Å². The van der Waals surface area contributed by atoms with Gasteiger partial charge in [-0.05, 0) is 43.4 Å². The number of hydrogen-bond acceptors (Lipinski definition) is 1. The van der Waals surface area contributed by atoms with Crippen LogP contribution in [0.1, 0.15) is 24.1 Å². The second kappa shape index (κ2) is 2.84. The van der Waals surface area contributed by atoms with Crippen LogP contribution in [0.2, 0.25) is 0 Å². The molecule has 2 heterocycles. The summed E-state index contributed by atoms with van der Waals surface area (Å²) in [5.41, 5.74) is 5.52. The summed E-state index contributed by atoms with van der Waals surface area (Å²) < 4.78 is 2.32. The van der Waals surface area contributed by atoms with Crippen LogP contribution in [0.4, 0.5) is 0 Å². The van der Waals surface area contributed by atoms with Crippen LogP contribution in [-0.2, 0) is 19.9 Å². The highest BCUT2D eigenvalue weighted by Crippen LogP contribution is 2.29. The Kier molecular flexibility index (Phi) is 1.63. The summed E-state index contributed by atoms with van der Waals surface area (Å²) in [6, 6.07) is 4.19. The molecule has 0 aliphatic heterocycles. The van der Waals surface area contributed by atoms with Gasteiger partial charge in [0.1, 0.15) is 0 Å². The van der Waals surface area contributed by atoms with Crippen LogP contribution >= 0.6 is 0 Å². The van der Waals surface area contributed by atoms with Gasteiger partial charge in [0.15, 0.2) is 0 Å². The molecule has 72 valence electrons. The molecular weight excluding hydrogens is 172 g/mol. The number of fused-ring (bicyclic) bond motifs is 3. The standard InChI is InChI=1S/C12H14N2/c1-14-10-6-3-2-5-9(10)12-11(14)7-4-8-13-12/h4,7-8H,2-3,5-6H2,1H3. The van der Waals surface area contributed by atoms with Crippen molar-refractivity contribution in [3.8, 4) is 0 Å². The van der Waals surface area contributed by atoms with Crippen molar-refractivity contribution >= 4 is 11.0 Å². The van der Waals surface area contributed by atoms with E-state index in [0.29, 0.717) is 0 Å². The van der Waals surface area contributed by atoms with E-state index in [4.69, 9.17) is 0 Å². The Bertz CT molecular complexity index is 482. The molecule has 0 N–H and O–H groups in total. The van der Waals surface area contributed by atoms with Crippen molar-refractivity contribution in [2.24, 2.45) is 7.05 Å². The van der Waals surface area contributed by atoms with Gasteiger partial charge in [0, 0.05) is 18.9 Å². The molecule has 3 rings (SSSR count). The molecule has 0 spiro atoms. The van der Waals surface area contributed by atoms with Crippen molar-refractivity contribution in [3.05, 3.63) is 29.6 Å².